The molecule has 0 spiro atoms. The number of amides is 1. The molecule has 0 bridgehead atoms. The third-order valence-corrected chi connectivity index (χ3v) is 6.49. The normalized spacial score (nSPS) is 11.2. The molecule has 0 fully saturated rings. The number of benzene rings is 3. The number of para-hydroxylation sites is 1. The van der Waals surface area contributed by atoms with Crippen LogP contribution in [0.2, 0.25) is 0 Å². The highest BCUT2D eigenvalue weighted by Gasteiger charge is 2.30. The number of ether oxygens (including phenoxy) is 1. The number of rotatable bonds is 7. The van der Waals surface area contributed by atoms with Crippen molar-refractivity contribution in [3.63, 3.8) is 0 Å². The lowest BCUT2D eigenvalue weighted by Crippen LogP contribution is -2.38. The summed E-state index contributed by atoms with van der Waals surface area (Å²) in [4.78, 5) is 12.6. The minimum absolute atomic E-state index is 0.105. The fraction of sp³-hybridized carbons (Fsp3) is 0.174. The van der Waals surface area contributed by atoms with E-state index in [-0.39, 0.29) is 16.3 Å². The largest absolute Gasteiger partial charge is 0.495 e. The Balaban J connectivity index is 2.05. The van der Waals surface area contributed by atoms with Gasteiger partial charge in [0, 0.05) is 0 Å². The number of sulfonamides is 1. The molecule has 3 aromatic carbocycles. The van der Waals surface area contributed by atoms with E-state index in [0.717, 1.165) is 28.1 Å². The minimum atomic E-state index is -4.28. The van der Waals surface area contributed by atoms with E-state index in [1.165, 1.54) is 25.3 Å². The number of aryl methyl sites for hydroxylation is 2. The summed E-state index contributed by atoms with van der Waals surface area (Å²) in [7, 11) is -2.94. The second kappa shape index (κ2) is 9.35. The van der Waals surface area contributed by atoms with E-state index in [1.54, 1.807) is 38.1 Å². The number of nitrogens with one attached hydrogen (secondary N) is 1. The smallest absolute Gasteiger partial charge is 0.268 e. The van der Waals surface area contributed by atoms with E-state index < -0.39 is 39.8 Å². The Labute approximate surface area is 185 Å². The fourth-order valence-electron chi connectivity index (χ4n) is 3.13. The van der Waals surface area contributed by atoms with Crippen LogP contribution in [0.1, 0.15) is 11.1 Å². The van der Waals surface area contributed by atoms with Crippen LogP contribution in [0.4, 0.5) is 20.2 Å². The molecule has 0 radical (unpaired) electrons. The number of methoxy groups -OCH3 is 1. The van der Waals surface area contributed by atoms with Crippen molar-refractivity contribution in [2.45, 2.75) is 18.7 Å². The molecule has 1 amide bonds. The molecule has 0 aliphatic heterocycles. The van der Waals surface area contributed by atoms with E-state index in [1.807, 2.05) is 0 Å². The molecule has 6 nitrogen and oxygen atoms in total. The van der Waals surface area contributed by atoms with Gasteiger partial charge in [-0.3, -0.25) is 9.10 Å². The molecule has 0 aliphatic carbocycles. The van der Waals surface area contributed by atoms with Crippen molar-refractivity contribution >= 4 is 27.3 Å². The second-order valence-electron chi connectivity index (χ2n) is 7.15. The first-order chi connectivity index (χ1) is 15.1. The van der Waals surface area contributed by atoms with Gasteiger partial charge in [0.05, 0.1) is 12.8 Å². The van der Waals surface area contributed by atoms with E-state index in [0.29, 0.717) is 5.56 Å². The lowest BCUT2D eigenvalue weighted by atomic mass is 10.2. The molecule has 1 N–H and O–H groups in total. The van der Waals surface area contributed by atoms with Gasteiger partial charge in [-0.15, -0.1) is 0 Å². The van der Waals surface area contributed by atoms with Gasteiger partial charge in [0.2, 0.25) is 5.91 Å². The average molecular weight is 461 g/mol. The molecule has 0 saturated heterocycles. The molecular formula is C23H22F2N2O4S. The molecule has 0 saturated carbocycles. The molecule has 3 aromatic rings. The Kier molecular flexibility index (Phi) is 6.78. The number of hydrogen-bond donors (Lipinski definition) is 1. The van der Waals surface area contributed by atoms with Gasteiger partial charge in [0.1, 0.15) is 34.5 Å². The lowest BCUT2D eigenvalue weighted by molar-refractivity contribution is -0.114. The standard InChI is InChI=1S/C23H22F2N2O4S/c1-15-6-4-7-17(12-15)27(14-22(28)26-23-18(24)8-5-9-19(23)25)32(29,30)21-13-16(2)10-11-20(21)31-3/h4-13H,14H2,1-3H3,(H,26,28). The third-order valence-electron chi connectivity index (χ3n) is 4.69. The van der Waals surface area contributed by atoms with Crippen LogP contribution in [0.3, 0.4) is 0 Å². The predicted octanol–water partition coefficient (Wildman–Crippen LogP) is 4.42. The maximum atomic E-state index is 14.0. The van der Waals surface area contributed by atoms with Crippen molar-refractivity contribution in [2.24, 2.45) is 0 Å². The third kappa shape index (κ3) is 4.88. The fourth-order valence-corrected chi connectivity index (χ4v) is 4.79. The van der Waals surface area contributed by atoms with Gasteiger partial charge < -0.3 is 10.1 Å². The van der Waals surface area contributed by atoms with Crippen LogP contribution < -0.4 is 14.4 Å². The van der Waals surface area contributed by atoms with Gasteiger partial charge in [-0.2, -0.15) is 0 Å². The van der Waals surface area contributed by atoms with Gasteiger partial charge in [-0.25, -0.2) is 17.2 Å². The zero-order valence-corrected chi connectivity index (χ0v) is 18.5. The van der Waals surface area contributed by atoms with Gasteiger partial charge in [-0.1, -0.05) is 24.3 Å². The lowest BCUT2D eigenvalue weighted by Gasteiger charge is -2.25. The molecule has 0 aromatic heterocycles. The number of nitrogens with zero attached hydrogens (tertiary/aromatic N) is 1. The monoisotopic (exact) mass is 460 g/mol. The molecule has 32 heavy (non-hydrogen) atoms. The highest BCUT2D eigenvalue weighted by Crippen LogP contribution is 2.31. The first-order valence-corrected chi connectivity index (χ1v) is 11.1. The SMILES string of the molecule is COc1ccc(C)cc1S(=O)(=O)N(CC(=O)Nc1c(F)cccc1F)c1cccc(C)c1. The predicted molar refractivity (Wildman–Crippen MR) is 118 cm³/mol. The van der Waals surface area contributed by atoms with Crippen molar-refractivity contribution in [2.75, 3.05) is 23.3 Å². The van der Waals surface area contributed by atoms with Crippen molar-refractivity contribution < 1.29 is 26.7 Å². The Morgan fingerprint density at radius 1 is 0.969 bits per heavy atom. The Morgan fingerprint density at radius 2 is 1.59 bits per heavy atom. The van der Waals surface area contributed by atoms with Crippen molar-refractivity contribution in [3.05, 3.63) is 83.4 Å². The summed E-state index contributed by atoms with van der Waals surface area (Å²) < 4.78 is 61.3. The molecule has 0 aliphatic rings. The maximum Gasteiger partial charge on any atom is 0.268 e. The molecule has 3 rings (SSSR count). The zero-order chi connectivity index (χ0) is 23.5. The molecule has 0 heterocycles. The van der Waals surface area contributed by atoms with Crippen LogP contribution in [-0.2, 0) is 14.8 Å². The number of carbonyl (C=O) groups excluding carboxylic acids is 1. The highest BCUT2D eigenvalue weighted by molar-refractivity contribution is 7.93. The summed E-state index contributed by atoms with van der Waals surface area (Å²) in [5.41, 5.74) is 1.01. The summed E-state index contributed by atoms with van der Waals surface area (Å²) >= 11 is 0. The van der Waals surface area contributed by atoms with Crippen LogP contribution in [-0.4, -0.2) is 28.0 Å². The van der Waals surface area contributed by atoms with Gasteiger partial charge in [0.25, 0.3) is 10.0 Å². The quantitative estimate of drug-likeness (QED) is 0.566. The van der Waals surface area contributed by atoms with E-state index in [4.69, 9.17) is 4.74 Å². The molecular weight excluding hydrogens is 438 g/mol. The number of carbonyl (C=O) groups is 1. The summed E-state index contributed by atoms with van der Waals surface area (Å²) in [5, 5.41) is 2.13. The number of anilines is 2. The van der Waals surface area contributed by atoms with Crippen molar-refractivity contribution in [1.82, 2.24) is 0 Å². The number of hydrogen-bond acceptors (Lipinski definition) is 4. The van der Waals surface area contributed by atoms with Crippen LogP contribution in [0, 0.1) is 25.5 Å². The summed E-state index contributed by atoms with van der Waals surface area (Å²) in [6.07, 6.45) is 0. The van der Waals surface area contributed by atoms with Gasteiger partial charge in [-0.05, 0) is 61.4 Å². The van der Waals surface area contributed by atoms with Crippen molar-refractivity contribution in [1.29, 1.82) is 0 Å². The summed E-state index contributed by atoms with van der Waals surface area (Å²) in [6, 6.07) is 14.3. The Hall–Kier alpha value is -3.46. The highest BCUT2D eigenvalue weighted by atomic mass is 32.2. The van der Waals surface area contributed by atoms with Crippen LogP contribution in [0.5, 0.6) is 5.75 Å². The Bertz CT molecular complexity index is 1240. The summed E-state index contributed by atoms with van der Waals surface area (Å²) in [6.45, 7) is 2.79. The van der Waals surface area contributed by atoms with Crippen LogP contribution in [0.25, 0.3) is 0 Å². The van der Waals surface area contributed by atoms with E-state index in [9.17, 15) is 22.0 Å². The first-order valence-electron chi connectivity index (χ1n) is 9.61. The zero-order valence-electron chi connectivity index (χ0n) is 17.7. The Morgan fingerprint density at radius 3 is 2.22 bits per heavy atom. The second-order valence-corrected chi connectivity index (χ2v) is 8.98. The topological polar surface area (TPSA) is 75.7 Å². The minimum Gasteiger partial charge on any atom is -0.495 e. The van der Waals surface area contributed by atoms with Gasteiger partial charge >= 0.3 is 0 Å². The molecule has 168 valence electrons. The maximum absolute atomic E-state index is 14.0. The molecule has 0 unspecified atom stereocenters. The van der Waals surface area contributed by atoms with Crippen LogP contribution in [0.15, 0.2) is 65.6 Å². The van der Waals surface area contributed by atoms with E-state index >= 15 is 0 Å². The molecule has 9 heteroatoms. The molecule has 0 atom stereocenters. The number of halogens is 2. The van der Waals surface area contributed by atoms with Crippen molar-refractivity contribution in [3.8, 4) is 5.75 Å². The van der Waals surface area contributed by atoms with E-state index in [2.05, 4.69) is 5.32 Å². The van der Waals surface area contributed by atoms with Crippen LogP contribution >= 0.6 is 0 Å². The summed E-state index contributed by atoms with van der Waals surface area (Å²) in [5.74, 6) is -2.74. The first kappa shape index (κ1) is 23.2. The van der Waals surface area contributed by atoms with Gasteiger partial charge in [0.15, 0.2) is 0 Å². The average Bonchev–Trinajstić information content (AvgIpc) is 2.74.